The summed E-state index contributed by atoms with van der Waals surface area (Å²) in [4.78, 5) is 0. The van der Waals surface area contributed by atoms with Crippen molar-refractivity contribution in [2.24, 2.45) is 0 Å². The quantitative estimate of drug-likeness (QED) is 0.545. The topological polar surface area (TPSA) is 49.9 Å². The van der Waals surface area contributed by atoms with Crippen LogP contribution >= 0.6 is 15.9 Å². The molecule has 58 valence electrons. The van der Waals surface area contributed by atoms with Gasteiger partial charge in [-0.05, 0) is 24.6 Å². The Bertz CT molecular complexity index is 294. The second-order valence-corrected chi connectivity index (χ2v) is 3.23. The van der Waals surface area contributed by atoms with E-state index in [2.05, 4.69) is 15.9 Å². The van der Waals surface area contributed by atoms with E-state index in [-0.39, 0.29) is 0 Å². The van der Waals surface area contributed by atoms with Gasteiger partial charge in [0.1, 0.15) is 0 Å². The highest BCUT2D eigenvalue weighted by molar-refractivity contribution is 9.10. The van der Waals surface area contributed by atoms with Crippen LogP contribution in [0.2, 0.25) is 0 Å². The molecular formula is C8H9BrN2. The SMILES string of the molecule is Cc1cc(N)c(C=N)cc1Br. The highest BCUT2D eigenvalue weighted by Crippen LogP contribution is 2.21. The Morgan fingerprint density at radius 3 is 2.73 bits per heavy atom. The normalized spacial score (nSPS) is 9.64. The lowest BCUT2D eigenvalue weighted by Gasteiger charge is -2.02. The molecule has 11 heavy (non-hydrogen) atoms. The lowest BCUT2D eigenvalue weighted by molar-refractivity contribution is 1.42. The third-order valence-corrected chi connectivity index (χ3v) is 2.37. The minimum Gasteiger partial charge on any atom is -0.398 e. The van der Waals surface area contributed by atoms with Gasteiger partial charge >= 0.3 is 0 Å². The highest BCUT2D eigenvalue weighted by Gasteiger charge is 1.99. The first-order valence-electron chi connectivity index (χ1n) is 3.21. The van der Waals surface area contributed by atoms with Crippen molar-refractivity contribution in [1.29, 1.82) is 5.41 Å². The fourth-order valence-corrected chi connectivity index (χ4v) is 1.21. The molecule has 0 aromatic heterocycles. The Hall–Kier alpha value is -0.830. The molecule has 3 N–H and O–H groups in total. The summed E-state index contributed by atoms with van der Waals surface area (Å²) in [7, 11) is 0. The molecule has 0 aliphatic rings. The van der Waals surface area contributed by atoms with Crippen LogP contribution in [0, 0.1) is 12.3 Å². The average Bonchev–Trinajstić information content (AvgIpc) is 1.97. The van der Waals surface area contributed by atoms with Crippen molar-refractivity contribution >= 4 is 27.8 Å². The third-order valence-electron chi connectivity index (χ3n) is 1.52. The first kappa shape index (κ1) is 8.27. The molecule has 1 aromatic carbocycles. The summed E-state index contributed by atoms with van der Waals surface area (Å²) in [5.74, 6) is 0. The molecule has 2 nitrogen and oxygen atoms in total. The predicted molar refractivity (Wildman–Crippen MR) is 51.2 cm³/mol. The third kappa shape index (κ3) is 1.60. The standard InChI is InChI=1S/C8H9BrN2/c1-5-2-8(11)6(4-10)3-7(5)9/h2-4,10H,11H2,1H3. The van der Waals surface area contributed by atoms with E-state index in [1.807, 2.05) is 19.1 Å². The first-order valence-corrected chi connectivity index (χ1v) is 4.00. The molecule has 0 atom stereocenters. The van der Waals surface area contributed by atoms with Crippen molar-refractivity contribution < 1.29 is 0 Å². The fourth-order valence-electron chi connectivity index (χ4n) is 0.844. The zero-order valence-electron chi connectivity index (χ0n) is 6.19. The van der Waals surface area contributed by atoms with Gasteiger partial charge in [-0.25, -0.2) is 0 Å². The van der Waals surface area contributed by atoms with Crippen molar-refractivity contribution in [3.8, 4) is 0 Å². The van der Waals surface area contributed by atoms with Crippen LogP contribution in [0.1, 0.15) is 11.1 Å². The van der Waals surface area contributed by atoms with E-state index >= 15 is 0 Å². The summed E-state index contributed by atoms with van der Waals surface area (Å²) < 4.78 is 0.991. The largest absolute Gasteiger partial charge is 0.398 e. The number of benzene rings is 1. The molecule has 0 unspecified atom stereocenters. The average molecular weight is 213 g/mol. The van der Waals surface area contributed by atoms with Gasteiger partial charge in [0.05, 0.1) is 0 Å². The first-order chi connectivity index (χ1) is 5.15. The van der Waals surface area contributed by atoms with Gasteiger partial charge in [0.15, 0.2) is 0 Å². The molecule has 1 aromatic rings. The molecule has 3 heteroatoms. The summed E-state index contributed by atoms with van der Waals surface area (Å²) in [5.41, 5.74) is 8.13. The number of hydrogen-bond acceptors (Lipinski definition) is 2. The molecular weight excluding hydrogens is 204 g/mol. The van der Waals surface area contributed by atoms with Crippen molar-refractivity contribution in [1.82, 2.24) is 0 Å². The van der Waals surface area contributed by atoms with Crippen molar-refractivity contribution in [3.63, 3.8) is 0 Å². The van der Waals surface area contributed by atoms with Crippen LogP contribution in [0.5, 0.6) is 0 Å². The van der Waals surface area contributed by atoms with Crippen LogP contribution in [-0.4, -0.2) is 6.21 Å². The number of nitrogens with one attached hydrogen (secondary N) is 1. The predicted octanol–water partition coefficient (Wildman–Crippen LogP) is 2.34. The van der Waals surface area contributed by atoms with Gasteiger partial charge in [-0.1, -0.05) is 15.9 Å². The summed E-state index contributed by atoms with van der Waals surface area (Å²) >= 11 is 3.36. The number of aryl methyl sites for hydroxylation is 1. The minimum atomic E-state index is 0.653. The van der Waals surface area contributed by atoms with Gasteiger partial charge in [-0.3, -0.25) is 0 Å². The molecule has 0 saturated heterocycles. The molecule has 0 radical (unpaired) electrons. The number of halogens is 1. The van der Waals surface area contributed by atoms with Gasteiger partial charge in [-0.15, -0.1) is 0 Å². The van der Waals surface area contributed by atoms with E-state index in [9.17, 15) is 0 Å². The Labute approximate surface area is 74.1 Å². The van der Waals surface area contributed by atoms with Crippen LogP contribution in [0.25, 0.3) is 0 Å². The second kappa shape index (κ2) is 3.05. The van der Waals surface area contributed by atoms with Gasteiger partial charge in [0.25, 0.3) is 0 Å². The highest BCUT2D eigenvalue weighted by atomic mass is 79.9. The molecule has 0 spiro atoms. The Balaban J connectivity index is 3.31. The van der Waals surface area contributed by atoms with Gasteiger partial charge in [-0.2, -0.15) is 0 Å². The van der Waals surface area contributed by atoms with Gasteiger partial charge in [0.2, 0.25) is 0 Å². The zero-order valence-corrected chi connectivity index (χ0v) is 7.77. The molecule has 0 aliphatic heterocycles. The summed E-state index contributed by atoms with van der Waals surface area (Å²) in [6.07, 6.45) is 1.25. The summed E-state index contributed by atoms with van der Waals surface area (Å²) in [6.45, 7) is 1.97. The number of anilines is 1. The van der Waals surface area contributed by atoms with Gasteiger partial charge in [0, 0.05) is 21.9 Å². The van der Waals surface area contributed by atoms with E-state index in [0.29, 0.717) is 5.69 Å². The van der Waals surface area contributed by atoms with Crippen molar-refractivity contribution in [3.05, 3.63) is 27.7 Å². The van der Waals surface area contributed by atoms with Crippen LogP contribution in [-0.2, 0) is 0 Å². The lowest BCUT2D eigenvalue weighted by atomic mass is 10.1. The van der Waals surface area contributed by atoms with Crippen LogP contribution in [0.3, 0.4) is 0 Å². The van der Waals surface area contributed by atoms with E-state index in [0.717, 1.165) is 15.6 Å². The molecule has 0 fully saturated rings. The summed E-state index contributed by atoms with van der Waals surface area (Å²) in [5, 5.41) is 7.03. The fraction of sp³-hybridized carbons (Fsp3) is 0.125. The Morgan fingerprint density at radius 2 is 2.18 bits per heavy atom. The molecule has 0 amide bonds. The Morgan fingerprint density at radius 1 is 1.55 bits per heavy atom. The molecule has 0 heterocycles. The number of nitrogen functional groups attached to an aromatic ring is 1. The van der Waals surface area contributed by atoms with Crippen LogP contribution in [0.4, 0.5) is 5.69 Å². The van der Waals surface area contributed by atoms with Crippen LogP contribution < -0.4 is 5.73 Å². The number of nitrogens with two attached hydrogens (primary N) is 1. The zero-order chi connectivity index (χ0) is 8.43. The van der Waals surface area contributed by atoms with Crippen LogP contribution in [0.15, 0.2) is 16.6 Å². The summed E-state index contributed by atoms with van der Waals surface area (Å²) in [6, 6.07) is 3.70. The number of rotatable bonds is 1. The molecule has 0 saturated carbocycles. The van der Waals surface area contributed by atoms with Gasteiger partial charge < -0.3 is 11.1 Å². The van der Waals surface area contributed by atoms with E-state index in [1.54, 1.807) is 0 Å². The molecule has 1 rings (SSSR count). The monoisotopic (exact) mass is 212 g/mol. The molecule has 0 bridgehead atoms. The Kier molecular flexibility index (Phi) is 2.29. The molecule has 0 aliphatic carbocycles. The maximum absolute atomic E-state index is 7.03. The minimum absolute atomic E-state index is 0.653. The van der Waals surface area contributed by atoms with E-state index in [1.165, 1.54) is 6.21 Å². The van der Waals surface area contributed by atoms with Crippen molar-refractivity contribution in [2.45, 2.75) is 6.92 Å². The second-order valence-electron chi connectivity index (χ2n) is 2.37. The smallest absolute Gasteiger partial charge is 0.0406 e. The maximum Gasteiger partial charge on any atom is 0.0406 e. The van der Waals surface area contributed by atoms with Crippen molar-refractivity contribution in [2.75, 3.05) is 5.73 Å². The number of hydrogen-bond donors (Lipinski definition) is 2. The van der Waals surface area contributed by atoms with E-state index in [4.69, 9.17) is 11.1 Å². The lowest BCUT2D eigenvalue weighted by Crippen LogP contribution is -1.93. The van der Waals surface area contributed by atoms with E-state index < -0.39 is 0 Å². The maximum atomic E-state index is 7.03.